The summed E-state index contributed by atoms with van der Waals surface area (Å²) in [5.41, 5.74) is 0.968. The molecule has 1 N–H and O–H groups in total. The summed E-state index contributed by atoms with van der Waals surface area (Å²) >= 11 is 0. The van der Waals surface area contributed by atoms with Crippen LogP contribution in [-0.4, -0.2) is 42.8 Å². The van der Waals surface area contributed by atoms with Crippen LogP contribution in [0.4, 0.5) is 0 Å². The van der Waals surface area contributed by atoms with Gasteiger partial charge < -0.3 is 19.7 Å². The van der Waals surface area contributed by atoms with Crippen molar-refractivity contribution in [2.75, 3.05) is 19.6 Å². The van der Waals surface area contributed by atoms with Gasteiger partial charge >= 0.3 is 0 Å². The number of nitrogens with one attached hydrogen (secondary N) is 1. The molecule has 5 heteroatoms. The topological polar surface area (TPSA) is 50.8 Å². The lowest BCUT2D eigenvalue weighted by Gasteiger charge is -2.44. The normalized spacial score (nSPS) is 32.0. The Balaban J connectivity index is 1.37. The molecule has 118 valence electrons. The van der Waals surface area contributed by atoms with Crippen molar-refractivity contribution < 1.29 is 14.3 Å². The van der Waals surface area contributed by atoms with Crippen LogP contribution in [0.3, 0.4) is 0 Å². The summed E-state index contributed by atoms with van der Waals surface area (Å²) < 4.78 is 11.1. The van der Waals surface area contributed by atoms with Gasteiger partial charge in [0, 0.05) is 19.5 Å². The van der Waals surface area contributed by atoms with Gasteiger partial charge in [-0.15, -0.1) is 0 Å². The molecule has 5 rings (SSSR count). The van der Waals surface area contributed by atoms with E-state index in [0.717, 1.165) is 23.6 Å². The molecule has 5 nitrogen and oxygen atoms in total. The first kappa shape index (κ1) is 13.9. The van der Waals surface area contributed by atoms with Gasteiger partial charge in [-0.25, -0.2) is 0 Å². The van der Waals surface area contributed by atoms with Crippen molar-refractivity contribution in [2.45, 2.75) is 38.5 Å². The number of carbonyl (C=O) groups excluding carboxylic acids is 1. The Morgan fingerprint density at radius 1 is 1.27 bits per heavy atom. The first-order valence-electron chi connectivity index (χ1n) is 8.15. The third-order valence-electron chi connectivity index (χ3n) is 4.96. The fourth-order valence-corrected chi connectivity index (χ4v) is 3.81. The molecule has 1 aromatic rings. The number of hydrogen-bond acceptors (Lipinski definition) is 4. The summed E-state index contributed by atoms with van der Waals surface area (Å²) in [6.45, 7) is 5.25. The molecule has 3 saturated heterocycles. The van der Waals surface area contributed by atoms with Crippen LogP contribution in [0.25, 0.3) is 0 Å². The molecule has 4 heterocycles. The fraction of sp³-hybridized carbons (Fsp3) is 0.588. The van der Waals surface area contributed by atoms with Crippen molar-refractivity contribution in [3.05, 3.63) is 23.8 Å². The number of fused-ring (bicyclic) bond motifs is 4. The summed E-state index contributed by atoms with van der Waals surface area (Å²) in [6.07, 6.45) is 2.58. The molecule has 1 unspecified atom stereocenters. The van der Waals surface area contributed by atoms with Crippen molar-refractivity contribution in [3.8, 4) is 11.5 Å². The second-order valence-electron chi connectivity index (χ2n) is 6.57. The molecular formula is C17H22N2O3. The quantitative estimate of drug-likeness (QED) is 0.920. The van der Waals surface area contributed by atoms with Crippen molar-refractivity contribution in [1.29, 1.82) is 0 Å². The van der Waals surface area contributed by atoms with E-state index in [-0.39, 0.29) is 12.2 Å². The fourth-order valence-electron chi connectivity index (χ4n) is 3.81. The van der Waals surface area contributed by atoms with Gasteiger partial charge in [0.25, 0.3) is 0 Å². The Morgan fingerprint density at radius 3 is 2.77 bits per heavy atom. The summed E-state index contributed by atoms with van der Waals surface area (Å²) in [5.74, 6) is 2.26. The van der Waals surface area contributed by atoms with Crippen LogP contribution in [0.15, 0.2) is 18.2 Å². The van der Waals surface area contributed by atoms with Gasteiger partial charge in [-0.2, -0.15) is 0 Å². The molecule has 4 aliphatic heterocycles. The molecule has 3 fully saturated rings. The molecule has 1 amide bonds. The van der Waals surface area contributed by atoms with Crippen LogP contribution >= 0.6 is 0 Å². The third kappa shape index (κ3) is 2.65. The molecule has 2 bridgehead atoms. The Bertz CT molecular complexity index is 581. The van der Waals surface area contributed by atoms with E-state index in [0.29, 0.717) is 18.4 Å². The highest BCUT2D eigenvalue weighted by molar-refractivity contribution is 5.79. The van der Waals surface area contributed by atoms with E-state index in [1.165, 1.54) is 25.9 Å². The molecule has 1 aromatic carbocycles. The van der Waals surface area contributed by atoms with Gasteiger partial charge in [0.15, 0.2) is 11.5 Å². The largest absolute Gasteiger partial charge is 0.451 e. The minimum Gasteiger partial charge on any atom is -0.451 e. The number of ether oxygens (including phenoxy) is 2. The highest BCUT2D eigenvalue weighted by Crippen LogP contribution is 2.35. The third-order valence-corrected chi connectivity index (χ3v) is 4.96. The SMILES string of the molecule is CC1Oc2ccc(CC(=O)N[C@H]3CN4CCC3CC4)cc2O1. The Hall–Kier alpha value is -1.75. The monoisotopic (exact) mass is 302 g/mol. The first-order chi connectivity index (χ1) is 10.7. The number of benzene rings is 1. The Labute approximate surface area is 130 Å². The van der Waals surface area contributed by atoms with E-state index in [2.05, 4.69) is 10.2 Å². The van der Waals surface area contributed by atoms with Gasteiger partial charge in [0.1, 0.15) is 0 Å². The van der Waals surface area contributed by atoms with E-state index >= 15 is 0 Å². The number of amides is 1. The molecule has 0 aliphatic carbocycles. The molecular weight excluding hydrogens is 280 g/mol. The second kappa shape index (κ2) is 5.47. The predicted octanol–water partition coefficient (Wildman–Crippen LogP) is 1.56. The summed E-state index contributed by atoms with van der Waals surface area (Å²) in [7, 11) is 0. The lowest BCUT2D eigenvalue weighted by atomic mass is 9.84. The van der Waals surface area contributed by atoms with E-state index < -0.39 is 0 Å². The molecule has 0 aromatic heterocycles. The minimum absolute atomic E-state index is 0.102. The summed E-state index contributed by atoms with van der Waals surface area (Å²) in [5, 5.41) is 3.22. The molecule has 0 spiro atoms. The van der Waals surface area contributed by atoms with Crippen LogP contribution in [0, 0.1) is 5.92 Å². The number of carbonyl (C=O) groups is 1. The standard InChI is InChI=1S/C17H22N2O3/c1-11-21-15-3-2-12(8-16(15)22-11)9-17(20)18-14-10-19-6-4-13(14)5-7-19/h2-3,8,11,13-14H,4-7,9-10H2,1H3,(H,18,20)/t11?,14-/m0/s1. The number of nitrogens with zero attached hydrogens (tertiary/aromatic N) is 1. The maximum atomic E-state index is 12.3. The maximum absolute atomic E-state index is 12.3. The van der Waals surface area contributed by atoms with Crippen LogP contribution in [0.1, 0.15) is 25.3 Å². The first-order valence-corrected chi connectivity index (χ1v) is 8.15. The highest BCUT2D eigenvalue weighted by Gasteiger charge is 2.34. The molecule has 0 radical (unpaired) electrons. The number of rotatable bonds is 3. The van der Waals surface area contributed by atoms with Gasteiger partial charge in [-0.05, 0) is 49.5 Å². The van der Waals surface area contributed by atoms with Crippen molar-refractivity contribution in [2.24, 2.45) is 5.92 Å². The lowest BCUT2D eigenvalue weighted by Crippen LogP contribution is -2.57. The number of hydrogen-bond donors (Lipinski definition) is 1. The zero-order valence-electron chi connectivity index (χ0n) is 12.9. The van der Waals surface area contributed by atoms with E-state index in [4.69, 9.17) is 9.47 Å². The average molecular weight is 302 g/mol. The molecule has 4 aliphatic rings. The van der Waals surface area contributed by atoms with Gasteiger partial charge in [0.2, 0.25) is 12.2 Å². The van der Waals surface area contributed by atoms with Crippen LogP contribution < -0.4 is 14.8 Å². The van der Waals surface area contributed by atoms with E-state index in [1.807, 2.05) is 25.1 Å². The van der Waals surface area contributed by atoms with Crippen LogP contribution in [0.2, 0.25) is 0 Å². The second-order valence-corrected chi connectivity index (χ2v) is 6.57. The Morgan fingerprint density at radius 2 is 2.05 bits per heavy atom. The van der Waals surface area contributed by atoms with Crippen molar-refractivity contribution in [1.82, 2.24) is 10.2 Å². The minimum atomic E-state index is -0.245. The zero-order valence-corrected chi connectivity index (χ0v) is 12.9. The lowest BCUT2D eigenvalue weighted by molar-refractivity contribution is -0.122. The summed E-state index contributed by atoms with van der Waals surface area (Å²) in [4.78, 5) is 14.8. The van der Waals surface area contributed by atoms with Crippen LogP contribution in [-0.2, 0) is 11.2 Å². The van der Waals surface area contributed by atoms with Gasteiger partial charge in [-0.1, -0.05) is 6.07 Å². The Kier molecular flexibility index (Phi) is 3.45. The molecule has 0 saturated carbocycles. The average Bonchev–Trinajstić information content (AvgIpc) is 2.87. The number of piperidine rings is 3. The van der Waals surface area contributed by atoms with E-state index in [9.17, 15) is 4.79 Å². The molecule has 2 atom stereocenters. The van der Waals surface area contributed by atoms with Crippen molar-refractivity contribution >= 4 is 5.91 Å². The predicted molar refractivity (Wildman–Crippen MR) is 82.0 cm³/mol. The zero-order chi connectivity index (χ0) is 15.1. The maximum Gasteiger partial charge on any atom is 0.238 e. The van der Waals surface area contributed by atoms with Gasteiger partial charge in [0.05, 0.1) is 6.42 Å². The van der Waals surface area contributed by atoms with Crippen molar-refractivity contribution in [3.63, 3.8) is 0 Å². The summed E-state index contributed by atoms with van der Waals surface area (Å²) in [6, 6.07) is 6.06. The molecule has 22 heavy (non-hydrogen) atoms. The van der Waals surface area contributed by atoms with E-state index in [1.54, 1.807) is 0 Å². The van der Waals surface area contributed by atoms with Gasteiger partial charge in [-0.3, -0.25) is 4.79 Å². The highest BCUT2D eigenvalue weighted by atomic mass is 16.7. The van der Waals surface area contributed by atoms with Crippen LogP contribution in [0.5, 0.6) is 11.5 Å². The smallest absolute Gasteiger partial charge is 0.238 e.